The van der Waals surface area contributed by atoms with Crippen molar-refractivity contribution < 1.29 is 14.6 Å². The first-order valence-corrected chi connectivity index (χ1v) is 5.70. The number of carbonyl (C=O) groups is 1. The fourth-order valence-corrected chi connectivity index (χ4v) is 1.56. The van der Waals surface area contributed by atoms with Crippen molar-refractivity contribution in [1.82, 2.24) is 0 Å². The van der Waals surface area contributed by atoms with Crippen LogP contribution in [0.5, 0.6) is 0 Å². The van der Waals surface area contributed by atoms with Crippen molar-refractivity contribution in [2.45, 2.75) is 45.3 Å². The van der Waals surface area contributed by atoms with Gasteiger partial charge in [0.2, 0.25) is 0 Å². The number of hydrogen-bond acceptors (Lipinski definition) is 3. The molecule has 0 heterocycles. The number of esters is 1. The average molecular weight is 236 g/mol. The lowest BCUT2D eigenvalue weighted by Crippen LogP contribution is -2.31. The van der Waals surface area contributed by atoms with Crippen molar-refractivity contribution in [2.24, 2.45) is 0 Å². The molecule has 1 aromatic rings. The van der Waals surface area contributed by atoms with Gasteiger partial charge in [0.25, 0.3) is 0 Å². The fraction of sp³-hybridized carbons (Fsp3) is 0.500. The van der Waals surface area contributed by atoms with E-state index in [2.05, 4.69) is 0 Å². The zero-order chi connectivity index (χ0) is 13.1. The largest absolute Gasteiger partial charge is 0.460 e. The van der Waals surface area contributed by atoms with Gasteiger partial charge in [-0.15, -0.1) is 0 Å². The third kappa shape index (κ3) is 4.57. The molecule has 0 bridgehead atoms. The minimum Gasteiger partial charge on any atom is -0.460 e. The van der Waals surface area contributed by atoms with Crippen molar-refractivity contribution in [3.05, 3.63) is 35.9 Å². The normalized spacial score (nSPS) is 15.1. The summed E-state index contributed by atoms with van der Waals surface area (Å²) in [5.41, 5.74) is -1.00. The second kappa shape index (κ2) is 4.88. The maximum absolute atomic E-state index is 11.7. The molecule has 1 N–H and O–H groups in total. The summed E-state index contributed by atoms with van der Waals surface area (Å²) in [5.74, 6) is -0.397. The van der Waals surface area contributed by atoms with Gasteiger partial charge in [0.05, 0.1) is 12.0 Å². The number of benzene rings is 1. The Balaban J connectivity index is 2.71. The van der Waals surface area contributed by atoms with Crippen LogP contribution in [0, 0.1) is 0 Å². The van der Waals surface area contributed by atoms with Gasteiger partial charge < -0.3 is 9.84 Å². The smallest absolute Gasteiger partial charge is 0.309 e. The number of hydrogen-bond donors (Lipinski definition) is 1. The van der Waals surface area contributed by atoms with Crippen LogP contribution in [0.1, 0.15) is 39.7 Å². The van der Waals surface area contributed by atoms with Crippen LogP contribution in [0.25, 0.3) is 0 Å². The Morgan fingerprint density at radius 1 is 1.18 bits per heavy atom. The first-order chi connectivity index (χ1) is 7.71. The maximum atomic E-state index is 11.7. The topological polar surface area (TPSA) is 46.5 Å². The van der Waals surface area contributed by atoms with Gasteiger partial charge in [0.1, 0.15) is 5.60 Å². The van der Waals surface area contributed by atoms with Gasteiger partial charge >= 0.3 is 5.97 Å². The van der Waals surface area contributed by atoms with Crippen LogP contribution in [-0.4, -0.2) is 16.7 Å². The van der Waals surface area contributed by atoms with Crippen LogP contribution in [-0.2, 0) is 15.1 Å². The van der Waals surface area contributed by atoms with Crippen molar-refractivity contribution in [3.63, 3.8) is 0 Å². The van der Waals surface area contributed by atoms with Gasteiger partial charge in [0.15, 0.2) is 0 Å². The van der Waals surface area contributed by atoms with Gasteiger partial charge in [-0.25, -0.2) is 0 Å². The Kier molecular flexibility index (Phi) is 3.94. The van der Waals surface area contributed by atoms with Crippen LogP contribution >= 0.6 is 0 Å². The SMILES string of the molecule is CC(C)(C)OC(=O)C[C@](C)(O)c1ccccc1. The van der Waals surface area contributed by atoms with Crippen molar-refractivity contribution in [1.29, 1.82) is 0 Å². The molecule has 94 valence electrons. The van der Waals surface area contributed by atoms with Gasteiger partial charge in [-0.1, -0.05) is 30.3 Å². The summed E-state index contributed by atoms with van der Waals surface area (Å²) in [7, 11) is 0. The molecule has 0 saturated heterocycles. The molecule has 0 aromatic heterocycles. The average Bonchev–Trinajstić information content (AvgIpc) is 2.15. The van der Waals surface area contributed by atoms with Crippen LogP contribution < -0.4 is 0 Å². The van der Waals surface area contributed by atoms with Crippen LogP contribution in [0.3, 0.4) is 0 Å². The first kappa shape index (κ1) is 13.7. The lowest BCUT2D eigenvalue weighted by molar-refractivity contribution is -0.160. The monoisotopic (exact) mass is 236 g/mol. The van der Waals surface area contributed by atoms with E-state index in [-0.39, 0.29) is 6.42 Å². The number of rotatable bonds is 3. The summed E-state index contributed by atoms with van der Waals surface area (Å²) in [6.07, 6.45) is -0.0473. The lowest BCUT2D eigenvalue weighted by Gasteiger charge is -2.26. The molecule has 0 aliphatic rings. The summed E-state index contributed by atoms with van der Waals surface area (Å²) < 4.78 is 5.20. The highest BCUT2D eigenvalue weighted by atomic mass is 16.6. The fourth-order valence-electron chi connectivity index (χ4n) is 1.56. The number of ether oxygens (including phenoxy) is 1. The minimum atomic E-state index is -1.19. The van der Waals surface area contributed by atoms with E-state index in [1.54, 1.807) is 19.1 Å². The van der Waals surface area contributed by atoms with Crippen LogP contribution in [0.15, 0.2) is 30.3 Å². The van der Waals surface area contributed by atoms with Crippen molar-refractivity contribution >= 4 is 5.97 Å². The molecule has 17 heavy (non-hydrogen) atoms. The molecule has 0 aliphatic carbocycles. The van der Waals surface area contributed by atoms with Crippen molar-refractivity contribution in [3.8, 4) is 0 Å². The summed E-state index contributed by atoms with van der Waals surface area (Å²) >= 11 is 0. The van der Waals surface area contributed by atoms with Gasteiger partial charge in [-0.3, -0.25) is 4.79 Å². The second-order valence-electron chi connectivity index (χ2n) is 5.40. The van der Waals surface area contributed by atoms with E-state index in [9.17, 15) is 9.90 Å². The molecule has 1 rings (SSSR count). The Labute approximate surface area is 102 Å². The zero-order valence-corrected chi connectivity index (χ0v) is 10.9. The molecule has 0 unspecified atom stereocenters. The third-order valence-electron chi connectivity index (χ3n) is 2.30. The third-order valence-corrected chi connectivity index (χ3v) is 2.30. The number of aliphatic hydroxyl groups is 1. The summed E-state index contributed by atoms with van der Waals surface area (Å²) in [5, 5.41) is 10.3. The van der Waals surface area contributed by atoms with Gasteiger partial charge in [0, 0.05) is 0 Å². The predicted octanol–water partition coefficient (Wildman–Crippen LogP) is 2.63. The summed E-state index contributed by atoms with van der Waals surface area (Å²) in [4.78, 5) is 11.7. The molecule has 0 fully saturated rings. The molecule has 3 heteroatoms. The Morgan fingerprint density at radius 2 is 1.71 bits per heavy atom. The van der Waals surface area contributed by atoms with E-state index in [4.69, 9.17) is 4.74 Å². The highest BCUT2D eigenvalue weighted by Gasteiger charge is 2.29. The molecule has 0 aliphatic heterocycles. The summed E-state index contributed by atoms with van der Waals surface area (Å²) in [6, 6.07) is 9.12. The quantitative estimate of drug-likeness (QED) is 0.821. The summed E-state index contributed by atoms with van der Waals surface area (Å²) in [6.45, 7) is 7.04. The standard InChI is InChI=1S/C14H20O3/c1-13(2,3)17-12(15)10-14(4,16)11-8-6-5-7-9-11/h5-9,16H,10H2,1-4H3/t14-/m0/s1. The molecule has 0 amide bonds. The molecule has 3 nitrogen and oxygen atoms in total. The Morgan fingerprint density at radius 3 is 2.18 bits per heavy atom. The molecule has 1 aromatic carbocycles. The van der Waals surface area contributed by atoms with Gasteiger partial charge in [-0.2, -0.15) is 0 Å². The Hall–Kier alpha value is -1.35. The second-order valence-corrected chi connectivity index (χ2v) is 5.40. The van der Waals surface area contributed by atoms with E-state index in [0.717, 1.165) is 0 Å². The molecule has 1 atom stereocenters. The molecule has 0 spiro atoms. The number of carbonyl (C=O) groups excluding carboxylic acids is 1. The van der Waals surface area contributed by atoms with Crippen LogP contribution in [0.2, 0.25) is 0 Å². The highest BCUT2D eigenvalue weighted by Crippen LogP contribution is 2.25. The molecular formula is C14H20O3. The van der Waals surface area contributed by atoms with E-state index < -0.39 is 17.2 Å². The Bertz CT molecular complexity index is 374. The van der Waals surface area contributed by atoms with E-state index in [1.165, 1.54) is 0 Å². The predicted molar refractivity (Wildman–Crippen MR) is 66.5 cm³/mol. The van der Waals surface area contributed by atoms with E-state index in [0.29, 0.717) is 5.56 Å². The highest BCUT2D eigenvalue weighted by molar-refractivity contribution is 5.71. The molecule has 0 radical (unpaired) electrons. The van der Waals surface area contributed by atoms with Gasteiger partial charge in [-0.05, 0) is 33.3 Å². The van der Waals surface area contributed by atoms with E-state index >= 15 is 0 Å². The zero-order valence-electron chi connectivity index (χ0n) is 10.9. The van der Waals surface area contributed by atoms with Crippen molar-refractivity contribution in [2.75, 3.05) is 0 Å². The molecular weight excluding hydrogens is 216 g/mol. The lowest BCUT2D eigenvalue weighted by atomic mass is 9.92. The van der Waals surface area contributed by atoms with Crippen LogP contribution in [0.4, 0.5) is 0 Å². The first-order valence-electron chi connectivity index (χ1n) is 5.70. The van der Waals surface area contributed by atoms with E-state index in [1.807, 2.05) is 39.0 Å². The molecule has 0 saturated carbocycles. The minimum absolute atomic E-state index is 0.0473. The maximum Gasteiger partial charge on any atom is 0.309 e.